The molecule has 5 aromatic rings. The van der Waals surface area contributed by atoms with Crippen LogP contribution in [0.3, 0.4) is 0 Å². The average Bonchev–Trinajstić information content (AvgIpc) is 3.20. The van der Waals surface area contributed by atoms with Gasteiger partial charge in [0.2, 0.25) is 11.8 Å². The van der Waals surface area contributed by atoms with Crippen LogP contribution in [0.1, 0.15) is 31.8 Å². The number of rotatable bonds is 14. The summed E-state index contributed by atoms with van der Waals surface area (Å²) in [5.74, 6) is -0.213. The quantitative estimate of drug-likeness (QED) is 0.154. The van der Waals surface area contributed by atoms with Gasteiger partial charge in [0.25, 0.3) is 11.8 Å². The molecule has 0 unspecified atom stereocenters. The molecule has 0 fully saturated rings. The third-order valence-corrected chi connectivity index (χ3v) is 8.76. The molecule has 0 bridgehead atoms. The molecule has 266 valence electrons. The molecule has 0 saturated carbocycles. The lowest BCUT2D eigenvalue weighted by Crippen LogP contribution is -2.49. The topological polar surface area (TPSA) is 117 Å². The molecule has 0 heterocycles. The number of ether oxygens (including phenoxy) is 2. The average molecular weight is 699 g/mol. The van der Waals surface area contributed by atoms with Gasteiger partial charge >= 0.3 is 0 Å². The van der Waals surface area contributed by atoms with Crippen LogP contribution in [0.5, 0.6) is 11.5 Å². The van der Waals surface area contributed by atoms with E-state index in [0.29, 0.717) is 22.9 Å². The van der Waals surface area contributed by atoms with Crippen LogP contribution < -0.4 is 29.9 Å². The molecule has 2 atom stereocenters. The van der Waals surface area contributed by atoms with Crippen LogP contribution in [-0.4, -0.2) is 64.0 Å². The molecular formula is C42H42N4O6. The lowest BCUT2D eigenvalue weighted by Gasteiger charge is -2.25. The fraction of sp³-hybridized carbons (Fsp3) is 0.190. The number of nitrogens with one attached hydrogen (secondary N) is 2. The molecule has 0 aliphatic heterocycles. The third kappa shape index (κ3) is 9.42. The minimum atomic E-state index is -0.877. The van der Waals surface area contributed by atoms with Gasteiger partial charge in [0.1, 0.15) is 23.6 Å². The second kappa shape index (κ2) is 17.5. The summed E-state index contributed by atoms with van der Waals surface area (Å²) in [5, 5.41) is 5.80. The first kappa shape index (κ1) is 36.9. The van der Waals surface area contributed by atoms with Gasteiger partial charge in [-0.2, -0.15) is 0 Å². The summed E-state index contributed by atoms with van der Waals surface area (Å²) in [4.78, 5) is 57.6. The zero-order valence-electron chi connectivity index (χ0n) is 29.6. The van der Waals surface area contributed by atoms with Gasteiger partial charge in [-0.3, -0.25) is 19.2 Å². The van der Waals surface area contributed by atoms with Crippen molar-refractivity contribution in [3.8, 4) is 11.5 Å². The van der Waals surface area contributed by atoms with E-state index < -0.39 is 23.9 Å². The van der Waals surface area contributed by atoms with Crippen molar-refractivity contribution in [2.45, 2.75) is 24.9 Å². The lowest BCUT2D eigenvalue weighted by molar-refractivity contribution is -0.120. The predicted octanol–water partition coefficient (Wildman–Crippen LogP) is 5.71. The van der Waals surface area contributed by atoms with Crippen molar-refractivity contribution in [2.24, 2.45) is 0 Å². The van der Waals surface area contributed by atoms with Crippen LogP contribution in [0.2, 0.25) is 0 Å². The number of carbonyl (C=O) groups is 4. The molecule has 0 aromatic heterocycles. The van der Waals surface area contributed by atoms with E-state index in [0.717, 1.165) is 11.1 Å². The Labute approximate surface area is 304 Å². The molecule has 5 rings (SSSR count). The second-order valence-corrected chi connectivity index (χ2v) is 12.2. The number of hydrogen-bond donors (Lipinski definition) is 2. The summed E-state index contributed by atoms with van der Waals surface area (Å²) < 4.78 is 10.5. The molecule has 52 heavy (non-hydrogen) atoms. The zero-order chi connectivity index (χ0) is 37.0. The van der Waals surface area contributed by atoms with E-state index in [4.69, 9.17) is 9.47 Å². The maximum atomic E-state index is 13.8. The standard InChI is InChI=1S/C42H42N4O6/c1-45(33-19-23-35(51-3)24-20-33)41(49)37(27-29-11-7-5-8-12-29)43-39(47)31-15-17-32(18-16-31)40(48)44-38(28-30-13-9-6-10-14-30)42(50)46(2)34-21-25-36(52-4)26-22-34/h5-26,37-38H,27-28H2,1-4H3,(H,43,47)(H,44,48)/t37-,38-/m0/s1. The van der Waals surface area contributed by atoms with Crippen LogP contribution >= 0.6 is 0 Å². The van der Waals surface area contributed by atoms with Crippen LogP contribution in [0.15, 0.2) is 133 Å². The molecule has 0 radical (unpaired) electrons. The summed E-state index contributed by atoms with van der Waals surface area (Å²) in [7, 11) is 6.46. The number of carbonyl (C=O) groups excluding carboxylic acids is 4. The van der Waals surface area contributed by atoms with Gasteiger partial charge in [0, 0.05) is 49.4 Å². The summed E-state index contributed by atoms with van der Waals surface area (Å²) in [6.45, 7) is 0. The van der Waals surface area contributed by atoms with E-state index in [-0.39, 0.29) is 35.8 Å². The first-order chi connectivity index (χ1) is 25.2. The molecule has 0 saturated heterocycles. The van der Waals surface area contributed by atoms with Crippen molar-refractivity contribution < 1.29 is 28.7 Å². The van der Waals surface area contributed by atoms with Gasteiger partial charge in [-0.1, -0.05) is 60.7 Å². The van der Waals surface area contributed by atoms with Gasteiger partial charge in [0.15, 0.2) is 0 Å². The van der Waals surface area contributed by atoms with E-state index >= 15 is 0 Å². The van der Waals surface area contributed by atoms with Crippen molar-refractivity contribution in [3.63, 3.8) is 0 Å². The summed E-state index contributed by atoms with van der Waals surface area (Å²) in [6, 6.07) is 37.4. The Bertz CT molecular complexity index is 1810. The summed E-state index contributed by atoms with van der Waals surface area (Å²) in [6.07, 6.45) is 0.544. The van der Waals surface area contributed by atoms with E-state index in [2.05, 4.69) is 10.6 Å². The predicted molar refractivity (Wildman–Crippen MR) is 202 cm³/mol. The fourth-order valence-electron chi connectivity index (χ4n) is 5.69. The van der Waals surface area contributed by atoms with Crippen LogP contribution in [0.4, 0.5) is 11.4 Å². The number of amides is 4. The van der Waals surface area contributed by atoms with Crippen molar-refractivity contribution in [3.05, 3.63) is 156 Å². The minimum Gasteiger partial charge on any atom is -0.497 e. The molecule has 0 aliphatic carbocycles. The highest BCUT2D eigenvalue weighted by atomic mass is 16.5. The van der Waals surface area contributed by atoms with Crippen molar-refractivity contribution in [2.75, 3.05) is 38.1 Å². The highest BCUT2D eigenvalue weighted by Gasteiger charge is 2.28. The summed E-state index contributed by atoms with van der Waals surface area (Å²) >= 11 is 0. The van der Waals surface area contributed by atoms with Crippen LogP contribution in [-0.2, 0) is 22.4 Å². The fourth-order valence-corrected chi connectivity index (χ4v) is 5.69. The van der Waals surface area contributed by atoms with Gasteiger partial charge in [-0.15, -0.1) is 0 Å². The Hall–Kier alpha value is -6.42. The normalized spacial score (nSPS) is 11.8. The molecule has 0 spiro atoms. The minimum absolute atomic E-state index is 0.269. The molecule has 5 aromatic carbocycles. The highest BCUT2D eigenvalue weighted by Crippen LogP contribution is 2.21. The third-order valence-electron chi connectivity index (χ3n) is 8.76. The second-order valence-electron chi connectivity index (χ2n) is 12.2. The molecule has 2 N–H and O–H groups in total. The monoisotopic (exact) mass is 698 g/mol. The van der Waals surface area contributed by atoms with E-state index in [9.17, 15) is 19.2 Å². The number of anilines is 2. The van der Waals surface area contributed by atoms with Gasteiger partial charge in [-0.25, -0.2) is 0 Å². The Morgan fingerprint density at radius 3 is 1.13 bits per heavy atom. The van der Waals surface area contributed by atoms with Crippen LogP contribution in [0.25, 0.3) is 0 Å². The number of hydrogen-bond acceptors (Lipinski definition) is 6. The first-order valence-electron chi connectivity index (χ1n) is 16.8. The maximum Gasteiger partial charge on any atom is 0.251 e. The Balaban J connectivity index is 1.30. The van der Waals surface area contributed by atoms with Crippen molar-refractivity contribution in [1.29, 1.82) is 0 Å². The Morgan fingerprint density at radius 2 is 0.827 bits per heavy atom. The smallest absolute Gasteiger partial charge is 0.251 e. The Morgan fingerprint density at radius 1 is 0.500 bits per heavy atom. The molecule has 0 aliphatic rings. The molecule has 4 amide bonds. The van der Waals surface area contributed by atoms with E-state index in [1.165, 1.54) is 34.1 Å². The lowest BCUT2D eigenvalue weighted by atomic mass is 10.0. The summed E-state index contributed by atoms with van der Waals surface area (Å²) in [5.41, 5.74) is 3.60. The SMILES string of the molecule is COc1ccc(N(C)C(=O)[C@H](Cc2ccccc2)NC(=O)c2ccc(C(=O)N[C@@H](Cc3ccccc3)C(=O)N(C)c3ccc(OC)cc3)cc2)cc1. The van der Waals surface area contributed by atoms with E-state index in [1.54, 1.807) is 76.8 Å². The zero-order valence-corrected chi connectivity index (χ0v) is 29.6. The van der Waals surface area contributed by atoms with Crippen LogP contribution in [0, 0.1) is 0 Å². The van der Waals surface area contributed by atoms with Gasteiger partial charge in [0.05, 0.1) is 14.2 Å². The first-order valence-corrected chi connectivity index (χ1v) is 16.8. The maximum absolute atomic E-state index is 13.8. The molecular weight excluding hydrogens is 656 g/mol. The van der Waals surface area contributed by atoms with Gasteiger partial charge < -0.3 is 29.9 Å². The highest BCUT2D eigenvalue weighted by molar-refractivity contribution is 6.04. The van der Waals surface area contributed by atoms with E-state index in [1.807, 2.05) is 60.7 Å². The number of likely N-dealkylation sites (N-methyl/N-ethyl adjacent to an activating group) is 2. The number of benzene rings is 5. The number of nitrogens with zero attached hydrogens (tertiary/aromatic N) is 2. The molecule has 10 heteroatoms. The largest absolute Gasteiger partial charge is 0.497 e. The van der Waals surface area contributed by atoms with Crippen molar-refractivity contribution >= 4 is 35.0 Å². The Kier molecular flexibility index (Phi) is 12.4. The van der Waals surface area contributed by atoms with Crippen molar-refractivity contribution in [1.82, 2.24) is 10.6 Å². The van der Waals surface area contributed by atoms with Gasteiger partial charge in [-0.05, 0) is 83.9 Å². The molecule has 10 nitrogen and oxygen atoms in total. The number of methoxy groups -OCH3 is 2.